The molecule has 3 aromatic heterocycles. The second kappa shape index (κ2) is 4.76. The van der Waals surface area contributed by atoms with Crippen molar-refractivity contribution in [3.8, 4) is 0 Å². The fraction of sp³-hybridized carbons (Fsp3) is 0. The van der Waals surface area contributed by atoms with E-state index >= 15 is 0 Å². The summed E-state index contributed by atoms with van der Waals surface area (Å²) in [7, 11) is 0. The van der Waals surface area contributed by atoms with Crippen LogP contribution < -0.4 is 5.32 Å². The molecule has 0 aliphatic carbocycles. The molecule has 104 valence electrons. The van der Waals surface area contributed by atoms with Crippen molar-refractivity contribution in [2.75, 3.05) is 5.32 Å². The lowest BCUT2D eigenvalue weighted by Crippen LogP contribution is -2.02. The van der Waals surface area contributed by atoms with Gasteiger partial charge >= 0.3 is 0 Å². The quantitative estimate of drug-likeness (QED) is 0.566. The van der Waals surface area contributed by atoms with E-state index in [2.05, 4.69) is 29.1 Å². The Kier molecular flexibility index (Phi) is 2.88. The number of halogens is 2. The van der Waals surface area contributed by atoms with E-state index < -0.39 is 0 Å². The zero-order valence-corrected chi connectivity index (χ0v) is 12.5. The van der Waals surface area contributed by atoms with Crippen LogP contribution in [-0.4, -0.2) is 28.3 Å². The van der Waals surface area contributed by atoms with Crippen LogP contribution in [0.5, 0.6) is 0 Å². The third kappa shape index (κ3) is 2.08. The summed E-state index contributed by atoms with van der Waals surface area (Å²) in [6, 6.07) is 5.21. The van der Waals surface area contributed by atoms with E-state index in [1.807, 2.05) is 6.07 Å². The van der Waals surface area contributed by atoms with Gasteiger partial charge in [0, 0.05) is 6.07 Å². The van der Waals surface area contributed by atoms with Crippen molar-refractivity contribution in [1.82, 2.24) is 28.3 Å². The summed E-state index contributed by atoms with van der Waals surface area (Å²) < 4.78 is 9.97. The van der Waals surface area contributed by atoms with Crippen molar-refractivity contribution in [2.45, 2.75) is 0 Å². The number of rotatable bonds is 2. The van der Waals surface area contributed by atoms with Gasteiger partial charge in [0.2, 0.25) is 0 Å². The number of benzene rings is 1. The molecule has 0 saturated heterocycles. The number of anilines is 2. The zero-order valence-electron chi connectivity index (χ0n) is 10.2. The molecule has 0 fully saturated rings. The van der Waals surface area contributed by atoms with Crippen molar-refractivity contribution in [3.05, 3.63) is 34.7 Å². The molecule has 1 N–H and O–H groups in total. The normalized spacial score (nSPS) is 11.3. The Morgan fingerprint density at radius 2 is 2.10 bits per heavy atom. The maximum Gasteiger partial charge on any atom is 0.255 e. The third-order valence-corrected chi connectivity index (χ3v) is 3.90. The Labute approximate surface area is 131 Å². The maximum absolute atomic E-state index is 6.26. The average molecular weight is 338 g/mol. The van der Waals surface area contributed by atoms with Gasteiger partial charge < -0.3 is 5.32 Å². The highest BCUT2D eigenvalue weighted by Crippen LogP contribution is 2.32. The van der Waals surface area contributed by atoms with Crippen molar-refractivity contribution in [3.63, 3.8) is 0 Å². The summed E-state index contributed by atoms with van der Waals surface area (Å²) in [6.07, 6.45) is 1.40. The highest BCUT2D eigenvalue weighted by atomic mass is 35.5. The molecule has 4 rings (SSSR count). The predicted molar refractivity (Wildman–Crippen MR) is 81.5 cm³/mol. The van der Waals surface area contributed by atoms with Gasteiger partial charge in [-0.2, -0.15) is 28.3 Å². The van der Waals surface area contributed by atoms with Crippen LogP contribution in [0.2, 0.25) is 10.2 Å². The van der Waals surface area contributed by atoms with Crippen molar-refractivity contribution in [2.24, 2.45) is 0 Å². The van der Waals surface area contributed by atoms with Gasteiger partial charge in [-0.3, -0.25) is 0 Å². The second-order valence-electron chi connectivity index (χ2n) is 4.12. The standard InChI is InChI=1S/C11H5Cl2N7S/c12-5-1-2-6-10(19-21-18-6)9(5)17-8-3-7(13)16-11-14-4-15-20(8)11/h1-4,17H. The van der Waals surface area contributed by atoms with Crippen LogP contribution in [0.15, 0.2) is 24.5 Å². The van der Waals surface area contributed by atoms with Crippen LogP contribution in [0.25, 0.3) is 16.8 Å². The molecule has 0 spiro atoms. The molecule has 4 aromatic rings. The molecule has 0 saturated carbocycles. The molecule has 0 aliphatic heterocycles. The number of hydrogen-bond acceptors (Lipinski definition) is 7. The minimum atomic E-state index is 0.303. The second-order valence-corrected chi connectivity index (χ2v) is 5.44. The fourth-order valence-electron chi connectivity index (χ4n) is 1.95. The SMILES string of the molecule is Clc1cc(Nc2c(Cl)ccc3nsnc23)n2ncnc2n1. The van der Waals surface area contributed by atoms with Crippen LogP contribution in [0, 0.1) is 0 Å². The number of nitrogens with zero attached hydrogens (tertiary/aromatic N) is 6. The number of fused-ring (bicyclic) bond motifs is 2. The number of aromatic nitrogens is 6. The lowest BCUT2D eigenvalue weighted by Gasteiger charge is -2.10. The summed E-state index contributed by atoms with van der Waals surface area (Å²) in [4.78, 5) is 8.08. The minimum Gasteiger partial charge on any atom is -0.337 e. The number of hydrogen-bond donors (Lipinski definition) is 1. The van der Waals surface area contributed by atoms with Crippen LogP contribution in [-0.2, 0) is 0 Å². The molecule has 0 radical (unpaired) electrons. The minimum absolute atomic E-state index is 0.303. The molecule has 1 aromatic carbocycles. The Morgan fingerprint density at radius 1 is 1.19 bits per heavy atom. The summed E-state index contributed by atoms with van der Waals surface area (Å²) in [5, 5.41) is 8.11. The summed E-state index contributed by atoms with van der Waals surface area (Å²) in [5.41, 5.74) is 2.09. The Bertz CT molecular complexity index is 964. The lowest BCUT2D eigenvalue weighted by molar-refractivity contribution is 0.947. The lowest BCUT2D eigenvalue weighted by atomic mass is 10.2. The van der Waals surface area contributed by atoms with Crippen molar-refractivity contribution in [1.29, 1.82) is 0 Å². The van der Waals surface area contributed by atoms with Crippen LogP contribution >= 0.6 is 34.9 Å². The molecular weight excluding hydrogens is 333 g/mol. The Morgan fingerprint density at radius 3 is 3.00 bits per heavy atom. The van der Waals surface area contributed by atoms with E-state index in [-0.39, 0.29) is 0 Å². The molecule has 0 atom stereocenters. The smallest absolute Gasteiger partial charge is 0.255 e. The summed E-state index contributed by atoms with van der Waals surface area (Å²) in [5.74, 6) is 0.981. The molecule has 0 amide bonds. The topological polar surface area (TPSA) is 80.9 Å². The molecule has 3 heterocycles. The van der Waals surface area contributed by atoms with Crippen LogP contribution in [0.3, 0.4) is 0 Å². The summed E-state index contributed by atoms with van der Waals surface area (Å²) in [6.45, 7) is 0. The van der Waals surface area contributed by atoms with E-state index in [0.717, 1.165) is 17.2 Å². The first-order chi connectivity index (χ1) is 10.2. The van der Waals surface area contributed by atoms with Crippen LogP contribution in [0.1, 0.15) is 0 Å². The van der Waals surface area contributed by atoms with E-state index in [1.165, 1.54) is 10.8 Å². The van der Waals surface area contributed by atoms with Gasteiger partial charge in [0.25, 0.3) is 5.78 Å². The van der Waals surface area contributed by atoms with E-state index in [9.17, 15) is 0 Å². The average Bonchev–Trinajstić information content (AvgIpc) is 3.09. The molecular formula is C11H5Cl2N7S. The van der Waals surface area contributed by atoms with E-state index in [4.69, 9.17) is 23.2 Å². The van der Waals surface area contributed by atoms with Crippen molar-refractivity contribution >= 4 is 63.2 Å². The van der Waals surface area contributed by atoms with Gasteiger partial charge in [0.15, 0.2) is 0 Å². The molecule has 0 bridgehead atoms. The van der Waals surface area contributed by atoms with Gasteiger partial charge in [-0.05, 0) is 12.1 Å². The number of nitrogens with one attached hydrogen (secondary N) is 1. The van der Waals surface area contributed by atoms with Gasteiger partial charge in [-0.25, -0.2) is 0 Å². The predicted octanol–water partition coefficient (Wildman–Crippen LogP) is 3.18. The van der Waals surface area contributed by atoms with Crippen molar-refractivity contribution < 1.29 is 0 Å². The molecule has 21 heavy (non-hydrogen) atoms. The monoisotopic (exact) mass is 337 g/mol. The van der Waals surface area contributed by atoms with Gasteiger partial charge in [-0.1, -0.05) is 23.2 Å². The Hall–Kier alpha value is -2.03. The van der Waals surface area contributed by atoms with Gasteiger partial charge in [0.05, 0.1) is 22.4 Å². The highest BCUT2D eigenvalue weighted by molar-refractivity contribution is 7.00. The Balaban J connectivity index is 1.92. The molecule has 10 heteroatoms. The molecule has 0 aliphatic rings. The largest absolute Gasteiger partial charge is 0.337 e. The first-order valence-corrected chi connectivity index (χ1v) is 7.25. The van der Waals surface area contributed by atoms with E-state index in [1.54, 1.807) is 12.1 Å². The molecule has 7 nitrogen and oxygen atoms in total. The van der Waals surface area contributed by atoms with E-state index in [0.29, 0.717) is 33.0 Å². The maximum atomic E-state index is 6.26. The zero-order chi connectivity index (χ0) is 14.4. The third-order valence-electron chi connectivity index (χ3n) is 2.85. The molecule has 0 unspecified atom stereocenters. The summed E-state index contributed by atoms with van der Waals surface area (Å²) >= 11 is 13.4. The van der Waals surface area contributed by atoms with Gasteiger partial charge in [-0.15, -0.1) is 0 Å². The van der Waals surface area contributed by atoms with Gasteiger partial charge in [0.1, 0.15) is 28.3 Å². The highest BCUT2D eigenvalue weighted by Gasteiger charge is 2.13. The first kappa shape index (κ1) is 12.7. The fourth-order valence-corrected chi connectivity index (χ4v) is 2.87. The van der Waals surface area contributed by atoms with Crippen LogP contribution in [0.4, 0.5) is 11.5 Å². The first-order valence-electron chi connectivity index (χ1n) is 5.76.